The molecule has 0 saturated heterocycles. The lowest BCUT2D eigenvalue weighted by Gasteiger charge is -2.08. The van der Waals surface area contributed by atoms with Crippen molar-refractivity contribution in [2.75, 3.05) is 5.43 Å². The molecule has 0 radical (unpaired) electrons. The van der Waals surface area contributed by atoms with Gasteiger partial charge in [0.05, 0.1) is 4.92 Å². The zero-order valence-corrected chi connectivity index (χ0v) is 10.9. The molecule has 0 atom stereocenters. The first-order chi connectivity index (χ1) is 9.60. The maximum Gasteiger partial charge on any atom is 0.310 e. The molecule has 1 aromatic carbocycles. The van der Waals surface area contributed by atoms with Crippen LogP contribution in [0.15, 0.2) is 36.5 Å². The molecule has 2 rings (SSSR count). The van der Waals surface area contributed by atoms with Crippen molar-refractivity contribution in [3.05, 3.63) is 57.8 Å². The van der Waals surface area contributed by atoms with Crippen molar-refractivity contribution in [1.29, 1.82) is 0 Å². The quantitative estimate of drug-likeness (QED) is 0.492. The highest BCUT2D eigenvalue weighted by Gasteiger charge is 2.14. The molecule has 1 heterocycles. The predicted octanol–water partition coefficient (Wildman–Crippen LogP) is 2.16. The second kappa shape index (κ2) is 5.98. The van der Waals surface area contributed by atoms with Crippen LogP contribution in [-0.2, 0) is 6.61 Å². The molecule has 2 aromatic rings. The van der Waals surface area contributed by atoms with Crippen LogP contribution in [0.1, 0.15) is 11.1 Å². The van der Waals surface area contributed by atoms with E-state index >= 15 is 0 Å². The van der Waals surface area contributed by atoms with Crippen LogP contribution in [0, 0.1) is 17.0 Å². The minimum absolute atomic E-state index is 0.0539. The number of nitrogens with one attached hydrogen (secondary N) is 1. The number of anilines is 1. The number of pyridine rings is 1. The van der Waals surface area contributed by atoms with E-state index in [0.717, 1.165) is 11.1 Å². The number of nitro groups is 1. The van der Waals surface area contributed by atoms with Gasteiger partial charge in [0.2, 0.25) is 0 Å². The van der Waals surface area contributed by atoms with Gasteiger partial charge in [-0.05, 0) is 36.2 Å². The number of hydrazine groups is 1. The highest BCUT2D eigenvalue weighted by atomic mass is 16.6. The lowest BCUT2D eigenvalue weighted by molar-refractivity contribution is -0.386. The standard InChI is InChI=1S/C13H14N4O3/c1-9-2-3-11(17(18)19)12(6-9)20-8-10-4-5-15-13(7-10)16-14/h2-7H,8,14H2,1H3,(H,15,16). The summed E-state index contributed by atoms with van der Waals surface area (Å²) < 4.78 is 5.53. The summed E-state index contributed by atoms with van der Waals surface area (Å²) in [4.78, 5) is 14.4. The van der Waals surface area contributed by atoms with Crippen LogP contribution in [0.3, 0.4) is 0 Å². The summed E-state index contributed by atoms with van der Waals surface area (Å²) in [5, 5.41) is 10.9. The SMILES string of the molecule is Cc1ccc([N+](=O)[O-])c(OCc2ccnc(NN)c2)c1. The van der Waals surface area contributed by atoms with Crippen LogP contribution in [0.5, 0.6) is 5.75 Å². The van der Waals surface area contributed by atoms with Crippen molar-refractivity contribution in [1.82, 2.24) is 4.98 Å². The molecule has 0 aliphatic carbocycles. The Bertz CT molecular complexity index is 631. The molecule has 0 aliphatic heterocycles. The minimum Gasteiger partial charge on any atom is -0.482 e. The summed E-state index contributed by atoms with van der Waals surface area (Å²) in [5.41, 5.74) is 4.08. The van der Waals surface area contributed by atoms with E-state index in [-0.39, 0.29) is 18.0 Å². The molecule has 7 heteroatoms. The Kier molecular flexibility index (Phi) is 4.11. The van der Waals surface area contributed by atoms with Crippen LogP contribution in [0.2, 0.25) is 0 Å². The number of hydrogen-bond donors (Lipinski definition) is 2. The van der Waals surface area contributed by atoms with E-state index < -0.39 is 4.92 Å². The number of hydrogen-bond acceptors (Lipinski definition) is 6. The number of benzene rings is 1. The Morgan fingerprint density at radius 1 is 1.40 bits per heavy atom. The number of nitrogens with two attached hydrogens (primary N) is 1. The van der Waals surface area contributed by atoms with Gasteiger partial charge >= 0.3 is 5.69 Å². The summed E-state index contributed by atoms with van der Waals surface area (Å²) in [5.74, 6) is 6.02. The fourth-order valence-electron chi connectivity index (χ4n) is 1.69. The Labute approximate surface area is 115 Å². The minimum atomic E-state index is -0.464. The third-order valence-electron chi connectivity index (χ3n) is 2.68. The van der Waals surface area contributed by atoms with Crippen molar-refractivity contribution in [3.63, 3.8) is 0 Å². The second-order valence-corrected chi connectivity index (χ2v) is 4.21. The van der Waals surface area contributed by atoms with Gasteiger partial charge in [0.1, 0.15) is 12.4 Å². The number of ether oxygens (including phenoxy) is 1. The van der Waals surface area contributed by atoms with Gasteiger partial charge in [0, 0.05) is 12.3 Å². The van der Waals surface area contributed by atoms with E-state index in [1.807, 2.05) is 6.92 Å². The van der Waals surface area contributed by atoms with Crippen LogP contribution in [0.4, 0.5) is 11.5 Å². The van der Waals surface area contributed by atoms with E-state index in [4.69, 9.17) is 10.6 Å². The highest BCUT2D eigenvalue weighted by molar-refractivity contribution is 5.48. The molecule has 0 fully saturated rings. The molecule has 0 amide bonds. The van der Waals surface area contributed by atoms with Crippen LogP contribution >= 0.6 is 0 Å². The van der Waals surface area contributed by atoms with E-state index in [1.54, 1.807) is 30.5 Å². The van der Waals surface area contributed by atoms with Gasteiger partial charge in [-0.3, -0.25) is 10.1 Å². The fraction of sp³-hybridized carbons (Fsp3) is 0.154. The van der Waals surface area contributed by atoms with E-state index in [1.165, 1.54) is 6.07 Å². The van der Waals surface area contributed by atoms with Crippen molar-refractivity contribution in [3.8, 4) is 5.75 Å². The van der Waals surface area contributed by atoms with E-state index in [0.29, 0.717) is 5.82 Å². The summed E-state index contributed by atoms with van der Waals surface area (Å²) >= 11 is 0. The Morgan fingerprint density at radius 3 is 2.90 bits per heavy atom. The average Bonchev–Trinajstić information content (AvgIpc) is 2.45. The maximum atomic E-state index is 10.9. The number of aromatic nitrogens is 1. The molecule has 20 heavy (non-hydrogen) atoms. The van der Waals surface area contributed by atoms with Gasteiger partial charge in [-0.1, -0.05) is 6.07 Å². The van der Waals surface area contributed by atoms with Crippen molar-refractivity contribution >= 4 is 11.5 Å². The molecule has 104 valence electrons. The van der Waals surface area contributed by atoms with Crippen LogP contribution in [0.25, 0.3) is 0 Å². The van der Waals surface area contributed by atoms with Crippen molar-refractivity contribution in [2.45, 2.75) is 13.5 Å². The second-order valence-electron chi connectivity index (χ2n) is 4.21. The maximum absolute atomic E-state index is 10.9. The Morgan fingerprint density at radius 2 is 2.20 bits per heavy atom. The Balaban J connectivity index is 2.17. The normalized spacial score (nSPS) is 10.1. The molecule has 0 bridgehead atoms. The third-order valence-corrected chi connectivity index (χ3v) is 2.68. The molecule has 0 unspecified atom stereocenters. The number of rotatable bonds is 5. The summed E-state index contributed by atoms with van der Waals surface area (Å²) in [6, 6.07) is 8.21. The zero-order chi connectivity index (χ0) is 14.5. The van der Waals surface area contributed by atoms with Gasteiger partial charge in [0.25, 0.3) is 0 Å². The smallest absolute Gasteiger partial charge is 0.310 e. The van der Waals surface area contributed by atoms with Gasteiger partial charge in [-0.25, -0.2) is 10.8 Å². The molecular weight excluding hydrogens is 260 g/mol. The van der Waals surface area contributed by atoms with Gasteiger partial charge in [-0.2, -0.15) is 0 Å². The van der Waals surface area contributed by atoms with Crippen molar-refractivity contribution in [2.24, 2.45) is 5.84 Å². The van der Waals surface area contributed by atoms with Crippen LogP contribution in [-0.4, -0.2) is 9.91 Å². The summed E-state index contributed by atoms with van der Waals surface area (Å²) in [6.07, 6.45) is 1.58. The lowest BCUT2D eigenvalue weighted by atomic mass is 10.2. The molecule has 1 aromatic heterocycles. The zero-order valence-electron chi connectivity index (χ0n) is 10.9. The largest absolute Gasteiger partial charge is 0.482 e. The average molecular weight is 274 g/mol. The summed E-state index contributed by atoms with van der Waals surface area (Å²) in [7, 11) is 0. The van der Waals surface area contributed by atoms with E-state index in [9.17, 15) is 10.1 Å². The first kappa shape index (κ1) is 13.8. The number of aryl methyl sites for hydroxylation is 1. The molecule has 7 nitrogen and oxygen atoms in total. The fourth-order valence-corrected chi connectivity index (χ4v) is 1.69. The molecular formula is C13H14N4O3. The van der Waals surface area contributed by atoms with Gasteiger partial charge < -0.3 is 10.2 Å². The van der Waals surface area contributed by atoms with Crippen molar-refractivity contribution < 1.29 is 9.66 Å². The number of nitrogen functional groups attached to an aromatic ring is 1. The first-order valence-electron chi connectivity index (χ1n) is 5.89. The third kappa shape index (κ3) is 3.21. The topological polar surface area (TPSA) is 103 Å². The van der Waals surface area contributed by atoms with Gasteiger partial charge in [-0.15, -0.1) is 0 Å². The molecule has 0 aliphatic rings. The van der Waals surface area contributed by atoms with Crippen LogP contribution < -0.4 is 16.0 Å². The van der Waals surface area contributed by atoms with E-state index in [2.05, 4.69) is 10.4 Å². The summed E-state index contributed by atoms with van der Waals surface area (Å²) in [6.45, 7) is 2.04. The first-order valence-corrected chi connectivity index (χ1v) is 5.89. The Hall–Kier alpha value is -2.67. The molecule has 3 N–H and O–H groups in total. The highest BCUT2D eigenvalue weighted by Crippen LogP contribution is 2.28. The monoisotopic (exact) mass is 274 g/mol. The lowest BCUT2D eigenvalue weighted by Crippen LogP contribution is -2.09. The predicted molar refractivity (Wildman–Crippen MR) is 74.2 cm³/mol. The van der Waals surface area contributed by atoms with Gasteiger partial charge in [0.15, 0.2) is 5.75 Å². The molecule has 0 spiro atoms. The number of nitrogens with zero attached hydrogens (tertiary/aromatic N) is 2. The molecule has 0 saturated carbocycles. The number of nitro benzene ring substituents is 1.